The van der Waals surface area contributed by atoms with E-state index in [9.17, 15) is 4.79 Å². The van der Waals surface area contributed by atoms with Gasteiger partial charge in [0.2, 0.25) is 0 Å². The molecule has 58 heavy (non-hydrogen) atoms. The maximum Gasteiger partial charge on any atom is 0.415 e. The molecule has 2 aromatic heterocycles. The third-order valence-electron chi connectivity index (χ3n) is 10.7. The molecule has 0 atom stereocenters. The molecule has 8 aromatic rings. The fourth-order valence-electron chi connectivity index (χ4n) is 7.81. The summed E-state index contributed by atoms with van der Waals surface area (Å²) >= 11 is 0. The minimum atomic E-state index is -0.891. The summed E-state index contributed by atoms with van der Waals surface area (Å²) in [5.74, 6) is 0.623. The zero-order valence-electron chi connectivity index (χ0n) is 33.7. The average Bonchev–Trinajstić information content (AvgIpc) is 3.72. The van der Waals surface area contributed by atoms with E-state index in [1.165, 1.54) is 0 Å². The van der Waals surface area contributed by atoms with Gasteiger partial charge < -0.3 is 4.74 Å². The zero-order chi connectivity index (χ0) is 40.4. The third kappa shape index (κ3) is 7.13. The first-order chi connectivity index (χ1) is 28.0. The normalized spacial score (nSPS) is 11.8. The number of nitrogens with zero attached hydrogens (tertiary/aromatic N) is 6. The van der Waals surface area contributed by atoms with Crippen LogP contribution in [-0.4, -0.2) is 36.9 Å². The molecule has 8 rings (SSSR count). The standard InChI is InChI=1S/C50H46N6O2/c1-34-26-31-44-45(32-35(2)51-46(44)36(34)3)55(48(57)58-49(4,5)6)33-37-27-29-38(30-28-37)42-24-16-17-25-43(42)47-52-53-54-56(47)50(39-18-10-7-11-19-39,40-20-12-8-13-21-40)41-22-14-9-15-23-41/h7-32H,33H2,1-6H3. The largest absolute Gasteiger partial charge is 0.443 e. The van der Waals surface area contributed by atoms with Gasteiger partial charge >= 0.3 is 6.09 Å². The molecule has 0 aliphatic heterocycles. The van der Waals surface area contributed by atoms with E-state index in [0.717, 1.165) is 72.4 Å². The monoisotopic (exact) mass is 762 g/mol. The Morgan fingerprint density at radius 2 is 1.22 bits per heavy atom. The summed E-state index contributed by atoms with van der Waals surface area (Å²) < 4.78 is 7.96. The van der Waals surface area contributed by atoms with Crippen LogP contribution >= 0.6 is 0 Å². The van der Waals surface area contributed by atoms with Crippen LogP contribution in [0.3, 0.4) is 0 Å². The first kappa shape index (κ1) is 38.0. The lowest BCUT2D eigenvalue weighted by Gasteiger charge is -2.36. The second-order valence-electron chi connectivity index (χ2n) is 15.7. The molecule has 0 aliphatic carbocycles. The summed E-state index contributed by atoms with van der Waals surface area (Å²) in [6.45, 7) is 12.1. The predicted molar refractivity (Wildman–Crippen MR) is 232 cm³/mol. The van der Waals surface area contributed by atoms with Crippen LogP contribution in [0.2, 0.25) is 0 Å². The Morgan fingerprint density at radius 1 is 0.672 bits per heavy atom. The Balaban J connectivity index is 1.22. The number of carbonyl (C=O) groups is 1. The number of aryl methyl sites for hydroxylation is 3. The Morgan fingerprint density at radius 3 is 1.79 bits per heavy atom. The molecule has 8 heteroatoms. The zero-order valence-corrected chi connectivity index (χ0v) is 33.7. The van der Waals surface area contributed by atoms with Crippen molar-refractivity contribution in [2.24, 2.45) is 0 Å². The number of ether oxygens (including phenoxy) is 1. The summed E-state index contributed by atoms with van der Waals surface area (Å²) in [4.78, 5) is 20.6. The van der Waals surface area contributed by atoms with E-state index < -0.39 is 17.2 Å². The lowest BCUT2D eigenvalue weighted by molar-refractivity contribution is 0.0578. The van der Waals surface area contributed by atoms with Crippen molar-refractivity contribution in [3.63, 3.8) is 0 Å². The van der Waals surface area contributed by atoms with Crippen LogP contribution < -0.4 is 4.90 Å². The van der Waals surface area contributed by atoms with Crippen LogP contribution in [0.25, 0.3) is 33.4 Å². The molecule has 8 nitrogen and oxygen atoms in total. The van der Waals surface area contributed by atoms with Crippen LogP contribution in [-0.2, 0) is 16.8 Å². The maximum absolute atomic E-state index is 14.0. The van der Waals surface area contributed by atoms with E-state index in [0.29, 0.717) is 12.4 Å². The van der Waals surface area contributed by atoms with Gasteiger partial charge in [0.15, 0.2) is 5.82 Å². The topological polar surface area (TPSA) is 86.0 Å². The molecule has 6 aromatic carbocycles. The van der Waals surface area contributed by atoms with Crippen LogP contribution in [0.4, 0.5) is 10.5 Å². The fourth-order valence-corrected chi connectivity index (χ4v) is 7.81. The number of hydrogen-bond donors (Lipinski definition) is 0. The number of benzene rings is 6. The van der Waals surface area contributed by atoms with Crippen molar-refractivity contribution >= 4 is 22.7 Å². The average molecular weight is 763 g/mol. The van der Waals surface area contributed by atoms with Gasteiger partial charge in [-0.25, -0.2) is 9.48 Å². The van der Waals surface area contributed by atoms with E-state index in [2.05, 4.69) is 134 Å². The number of pyridine rings is 1. The molecule has 2 heterocycles. The van der Waals surface area contributed by atoms with Crippen LogP contribution in [0.5, 0.6) is 0 Å². The van der Waals surface area contributed by atoms with Crippen LogP contribution in [0.15, 0.2) is 158 Å². The number of tetrazole rings is 1. The quantitative estimate of drug-likeness (QED) is 0.136. The highest BCUT2D eigenvalue weighted by Crippen LogP contribution is 2.43. The molecular weight excluding hydrogens is 717 g/mol. The first-order valence-electron chi connectivity index (χ1n) is 19.6. The van der Waals surface area contributed by atoms with Gasteiger partial charge in [-0.3, -0.25) is 9.88 Å². The molecule has 288 valence electrons. The van der Waals surface area contributed by atoms with Crippen LogP contribution in [0, 0.1) is 20.8 Å². The summed E-state index contributed by atoms with van der Waals surface area (Å²) in [6.07, 6.45) is -0.419. The third-order valence-corrected chi connectivity index (χ3v) is 10.7. The van der Waals surface area contributed by atoms with Gasteiger partial charge in [0.25, 0.3) is 0 Å². The number of fused-ring (bicyclic) bond motifs is 1. The van der Waals surface area contributed by atoms with E-state index in [4.69, 9.17) is 20.0 Å². The highest BCUT2D eigenvalue weighted by molar-refractivity contribution is 6.01. The van der Waals surface area contributed by atoms with E-state index in [-0.39, 0.29) is 0 Å². The summed E-state index contributed by atoms with van der Waals surface area (Å²) in [6, 6.07) is 53.9. The minimum absolute atomic E-state index is 0.300. The maximum atomic E-state index is 14.0. The molecular formula is C50H46N6O2. The molecule has 0 unspecified atom stereocenters. The molecule has 0 spiro atoms. The summed E-state index contributed by atoms with van der Waals surface area (Å²) in [5, 5.41) is 14.8. The summed E-state index contributed by atoms with van der Waals surface area (Å²) in [5.41, 5.74) is 10.0. The van der Waals surface area contributed by atoms with E-state index in [1.807, 2.05) is 74.8 Å². The Labute approximate surface area is 339 Å². The molecule has 1 amide bonds. The smallest absolute Gasteiger partial charge is 0.415 e. The van der Waals surface area contributed by atoms with Crippen molar-refractivity contribution < 1.29 is 9.53 Å². The Hall–Kier alpha value is -6.93. The predicted octanol–water partition coefficient (Wildman–Crippen LogP) is 11.3. The SMILES string of the molecule is Cc1cc(N(Cc2ccc(-c3ccccc3-c3nnnn3C(c3ccccc3)(c3ccccc3)c3ccccc3)cc2)C(=O)OC(C)(C)C)c2ccc(C)c(C)c2n1. The van der Waals surface area contributed by atoms with Crippen molar-refractivity contribution in [3.05, 3.63) is 197 Å². The number of anilines is 1. The Kier molecular flexibility index (Phi) is 10.2. The number of rotatable bonds is 9. The molecule has 0 saturated carbocycles. The van der Waals surface area contributed by atoms with Crippen molar-refractivity contribution in [2.45, 2.75) is 59.2 Å². The van der Waals surface area contributed by atoms with Gasteiger partial charge in [0.05, 0.1) is 17.7 Å². The number of carbonyl (C=O) groups excluding carboxylic acids is 1. The van der Waals surface area contributed by atoms with Gasteiger partial charge in [0, 0.05) is 16.6 Å². The van der Waals surface area contributed by atoms with Crippen molar-refractivity contribution in [1.82, 2.24) is 25.2 Å². The number of hydrogen-bond acceptors (Lipinski definition) is 6. The van der Waals surface area contributed by atoms with Gasteiger partial charge in [-0.15, -0.1) is 5.10 Å². The molecule has 0 bridgehead atoms. The second-order valence-corrected chi connectivity index (χ2v) is 15.7. The van der Waals surface area contributed by atoms with Gasteiger partial charge in [0.1, 0.15) is 11.1 Å². The summed E-state index contributed by atoms with van der Waals surface area (Å²) in [7, 11) is 0. The van der Waals surface area contributed by atoms with Crippen molar-refractivity contribution in [1.29, 1.82) is 0 Å². The molecule has 0 saturated heterocycles. The van der Waals surface area contributed by atoms with E-state index >= 15 is 0 Å². The number of amides is 1. The Bertz CT molecular complexity index is 2610. The molecule has 0 radical (unpaired) electrons. The highest BCUT2D eigenvalue weighted by atomic mass is 16.6. The molecule has 0 aliphatic rings. The van der Waals surface area contributed by atoms with Crippen LogP contribution in [0.1, 0.15) is 59.8 Å². The lowest BCUT2D eigenvalue weighted by atomic mass is 9.77. The minimum Gasteiger partial charge on any atom is -0.443 e. The van der Waals surface area contributed by atoms with Gasteiger partial charge in [-0.2, -0.15) is 0 Å². The fraction of sp³-hybridized carbons (Fsp3) is 0.180. The van der Waals surface area contributed by atoms with Gasteiger partial charge in [-0.1, -0.05) is 152 Å². The highest BCUT2D eigenvalue weighted by Gasteiger charge is 2.42. The first-order valence-corrected chi connectivity index (χ1v) is 19.6. The van der Waals surface area contributed by atoms with Crippen molar-refractivity contribution in [3.8, 4) is 22.5 Å². The number of aromatic nitrogens is 5. The molecule has 0 N–H and O–H groups in total. The van der Waals surface area contributed by atoms with Gasteiger partial charge in [-0.05, 0) is 103 Å². The van der Waals surface area contributed by atoms with Crippen molar-refractivity contribution in [2.75, 3.05) is 4.90 Å². The molecule has 0 fully saturated rings. The second kappa shape index (κ2) is 15.5. The lowest BCUT2D eigenvalue weighted by Crippen LogP contribution is -2.39. The van der Waals surface area contributed by atoms with E-state index in [1.54, 1.807) is 4.90 Å².